The molecule has 22 heavy (non-hydrogen) atoms. The zero-order valence-corrected chi connectivity index (χ0v) is 11.2. The largest absolute Gasteiger partial charge is 0.471 e. The number of H-pyrrole nitrogens is 1. The van der Waals surface area contributed by atoms with E-state index in [-0.39, 0.29) is 5.69 Å². The maximum absolute atomic E-state index is 12.4. The molecule has 0 unspecified atom stereocenters. The molecule has 1 heterocycles. The van der Waals surface area contributed by atoms with Crippen molar-refractivity contribution in [3.05, 3.63) is 54.6 Å². The third-order valence-corrected chi connectivity index (χ3v) is 3.25. The van der Waals surface area contributed by atoms with Crippen molar-refractivity contribution in [2.75, 3.05) is 5.32 Å². The van der Waals surface area contributed by atoms with E-state index in [4.69, 9.17) is 0 Å². The number of rotatable bonds is 2. The minimum Gasteiger partial charge on any atom is -0.354 e. The first-order valence-electron chi connectivity index (χ1n) is 6.50. The minimum atomic E-state index is -4.92. The van der Waals surface area contributed by atoms with Crippen LogP contribution >= 0.6 is 0 Å². The Balaban J connectivity index is 2.02. The lowest BCUT2D eigenvalue weighted by Gasteiger charge is -2.11. The highest BCUT2D eigenvalue weighted by Gasteiger charge is 2.39. The molecular weight excluding hydrogens is 293 g/mol. The molecule has 0 atom stereocenters. The molecule has 0 saturated carbocycles. The number of fused-ring (bicyclic) bond motifs is 1. The van der Waals surface area contributed by atoms with Crippen LogP contribution in [0.1, 0.15) is 0 Å². The number of aromatic nitrogens is 1. The van der Waals surface area contributed by atoms with Gasteiger partial charge in [0.2, 0.25) is 0 Å². The molecule has 1 aromatic heterocycles. The van der Waals surface area contributed by atoms with Gasteiger partial charge in [-0.05, 0) is 18.2 Å². The van der Waals surface area contributed by atoms with E-state index in [1.165, 1.54) is 6.07 Å². The molecule has 3 rings (SSSR count). The number of benzene rings is 2. The first kappa shape index (κ1) is 14.2. The van der Waals surface area contributed by atoms with Crippen LogP contribution < -0.4 is 5.32 Å². The summed E-state index contributed by atoms with van der Waals surface area (Å²) in [6, 6.07) is 15.7. The van der Waals surface area contributed by atoms with Crippen molar-refractivity contribution in [3.63, 3.8) is 0 Å². The van der Waals surface area contributed by atoms with Crippen LogP contribution in [0.3, 0.4) is 0 Å². The Morgan fingerprint density at radius 1 is 1.00 bits per heavy atom. The second kappa shape index (κ2) is 5.22. The Kier molecular flexibility index (Phi) is 3.36. The van der Waals surface area contributed by atoms with E-state index in [0.29, 0.717) is 11.3 Å². The van der Waals surface area contributed by atoms with Crippen LogP contribution in [0.4, 0.5) is 18.9 Å². The number of nitrogens with one attached hydrogen (secondary N) is 2. The van der Waals surface area contributed by atoms with Crippen molar-refractivity contribution < 1.29 is 18.0 Å². The van der Waals surface area contributed by atoms with Crippen LogP contribution in [0, 0.1) is 0 Å². The van der Waals surface area contributed by atoms with E-state index >= 15 is 0 Å². The Hall–Kier alpha value is -2.76. The molecule has 6 heteroatoms. The van der Waals surface area contributed by atoms with Gasteiger partial charge in [-0.3, -0.25) is 4.79 Å². The fourth-order valence-corrected chi connectivity index (χ4v) is 2.24. The molecule has 0 fully saturated rings. The van der Waals surface area contributed by atoms with E-state index in [1.54, 1.807) is 18.2 Å². The highest BCUT2D eigenvalue weighted by atomic mass is 19.4. The fourth-order valence-electron chi connectivity index (χ4n) is 2.24. The number of anilines is 1. The summed E-state index contributed by atoms with van der Waals surface area (Å²) in [5, 5.41) is 2.85. The standard InChI is InChI=1S/C16H11F3N2O/c17-16(18,19)15(22)21-13-8-4-2-6-11(13)14-9-10-5-1-3-7-12(10)20-14/h1-9,20H,(H,21,22). The third-order valence-electron chi connectivity index (χ3n) is 3.25. The van der Waals surface area contributed by atoms with Gasteiger partial charge in [0.25, 0.3) is 0 Å². The summed E-state index contributed by atoms with van der Waals surface area (Å²) in [6.07, 6.45) is -4.92. The predicted octanol–water partition coefficient (Wildman–Crippen LogP) is 4.34. The highest BCUT2D eigenvalue weighted by Crippen LogP contribution is 2.31. The summed E-state index contributed by atoms with van der Waals surface area (Å²) in [5.41, 5.74) is 2.11. The van der Waals surface area contributed by atoms with Gasteiger partial charge in [0, 0.05) is 22.2 Å². The zero-order chi connectivity index (χ0) is 15.7. The van der Waals surface area contributed by atoms with E-state index in [9.17, 15) is 18.0 Å². The molecule has 0 aliphatic carbocycles. The molecule has 112 valence electrons. The molecule has 0 saturated heterocycles. The lowest BCUT2D eigenvalue weighted by atomic mass is 10.1. The van der Waals surface area contributed by atoms with Crippen molar-refractivity contribution in [2.45, 2.75) is 6.18 Å². The van der Waals surface area contributed by atoms with Crippen LogP contribution in [0.5, 0.6) is 0 Å². The molecule has 0 spiro atoms. The van der Waals surface area contributed by atoms with Gasteiger partial charge in [0.15, 0.2) is 0 Å². The highest BCUT2D eigenvalue weighted by molar-refractivity contribution is 5.99. The van der Waals surface area contributed by atoms with Crippen molar-refractivity contribution >= 4 is 22.5 Å². The van der Waals surface area contributed by atoms with Gasteiger partial charge in [-0.15, -0.1) is 0 Å². The summed E-state index contributed by atoms with van der Waals surface area (Å²) in [6.45, 7) is 0. The Morgan fingerprint density at radius 2 is 1.68 bits per heavy atom. The second-order valence-corrected chi connectivity index (χ2v) is 4.77. The lowest BCUT2D eigenvalue weighted by molar-refractivity contribution is -0.167. The number of halogens is 3. The number of para-hydroxylation sites is 2. The van der Waals surface area contributed by atoms with E-state index in [0.717, 1.165) is 10.9 Å². The maximum Gasteiger partial charge on any atom is 0.471 e. The average molecular weight is 304 g/mol. The van der Waals surface area contributed by atoms with Crippen molar-refractivity contribution in [1.29, 1.82) is 0 Å². The Bertz CT molecular complexity index is 804. The lowest BCUT2D eigenvalue weighted by Crippen LogP contribution is -2.30. The number of alkyl halides is 3. The van der Waals surface area contributed by atoms with Gasteiger partial charge >= 0.3 is 12.1 Å². The molecule has 2 N–H and O–H groups in total. The second-order valence-electron chi connectivity index (χ2n) is 4.77. The van der Waals surface area contributed by atoms with Crippen molar-refractivity contribution in [2.24, 2.45) is 0 Å². The van der Waals surface area contributed by atoms with Crippen LogP contribution in [0.2, 0.25) is 0 Å². The quantitative estimate of drug-likeness (QED) is 0.727. The number of carbonyl (C=O) groups excluding carboxylic acids is 1. The molecule has 0 bridgehead atoms. The Morgan fingerprint density at radius 3 is 2.41 bits per heavy atom. The topological polar surface area (TPSA) is 44.9 Å². The van der Waals surface area contributed by atoms with E-state index in [2.05, 4.69) is 4.98 Å². The number of aromatic amines is 1. The van der Waals surface area contributed by atoms with E-state index < -0.39 is 12.1 Å². The fraction of sp³-hybridized carbons (Fsp3) is 0.0625. The van der Waals surface area contributed by atoms with Gasteiger partial charge in [0.1, 0.15) is 0 Å². The van der Waals surface area contributed by atoms with Gasteiger partial charge in [0.05, 0.1) is 5.69 Å². The molecule has 2 aromatic carbocycles. The first-order chi connectivity index (χ1) is 10.4. The zero-order valence-electron chi connectivity index (χ0n) is 11.2. The molecule has 0 aliphatic heterocycles. The van der Waals surface area contributed by atoms with Gasteiger partial charge in [-0.25, -0.2) is 0 Å². The predicted molar refractivity (Wildman–Crippen MR) is 78.4 cm³/mol. The smallest absolute Gasteiger partial charge is 0.354 e. The number of amides is 1. The number of hydrogen-bond acceptors (Lipinski definition) is 1. The number of carbonyl (C=O) groups is 1. The molecule has 0 aliphatic rings. The maximum atomic E-state index is 12.4. The summed E-state index contributed by atoms with van der Waals surface area (Å²) < 4.78 is 37.2. The molecule has 3 nitrogen and oxygen atoms in total. The molecule has 3 aromatic rings. The van der Waals surface area contributed by atoms with Crippen LogP contribution in [0.25, 0.3) is 22.2 Å². The normalized spacial score (nSPS) is 11.6. The first-order valence-corrected chi connectivity index (χ1v) is 6.50. The van der Waals surface area contributed by atoms with Gasteiger partial charge < -0.3 is 10.3 Å². The van der Waals surface area contributed by atoms with Gasteiger partial charge in [-0.1, -0.05) is 36.4 Å². The summed E-state index contributed by atoms with van der Waals surface area (Å²) >= 11 is 0. The SMILES string of the molecule is O=C(Nc1ccccc1-c1cc2ccccc2[nH]1)C(F)(F)F. The van der Waals surface area contributed by atoms with E-state index in [1.807, 2.05) is 35.6 Å². The van der Waals surface area contributed by atoms with Crippen molar-refractivity contribution in [3.8, 4) is 11.3 Å². The molecular formula is C16H11F3N2O. The third kappa shape index (κ3) is 2.67. The van der Waals surface area contributed by atoms with Crippen molar-refractivity contribution in [1.82, 2.24) is 4.98 Å². The van der Waals surface area contributed by atoms with Crippen LogP contribution in [0.15, 0.2) is 54.6 Å². The monoisotopic (exact) mass is 304 g/mol. The summed E-state index contributed by atoms with van der Waals surface area (Å²) in [5.74, 6) is -1.99. The Labute approximate surface area is 123 Å². The number of hydrogen-bond donors (Lipinski definition) is 2. The summed E-state index contributed by atoms with van der Waals surface area (Å²) in [4.78, 5) is 14.3. The average Bonchev–Trinajstić information content (AvgIpc) is 2.90. The van der Waals surface area contributed by atoms with Gasteiger partial charge in [-0.2, -0.15) is 13.2 Å². The van der Waals surface area contributed by atoms with Crippen LogP contribution in [-0.4, -0.2) is 17.1 Å². The molecule has 0 radical (unpaired) electrons. The molecule has 1 amide bonds. The summed E-state index contributed by atoms with van der Waals surface area (Å²) in [7, 11) is 0. The van der Waals surface area contributed by atoms with Crippen LogP contribution in [-0.2, 0) is 4.79 Å². The minimum absolute atomic E-state index is 0.108.